The summed E-state index contributed by atoms with van der Waals surface area (Å²) in [7, 11) is 0. The quantitative estimate of drug-likeness (QED) is 0.184. The number of hydrogen-bond acceptors (Lipinski definition) is 5. The third-order valence-electron chi connectivity index (χ3n) is 3.98. The van der Waals surface area contributed by atoms with Crippen LogP contribution in [0.2, 0.25) is 0 Å². The molecular formula is C20H33IN6O2. The molecule has 0 aliphatic rings. The van der Waals surface area contributed by atoms with Gasteiger partial charge in [-0.1, -0.05) is 12.1 Å². The van der Waals surface area contributed by atoms with Crippen LogP contribution in [-0.4, -0.2) is 51.6 Å². The molecule has 1 atom stereocenters. The van der Waals surface area contributed by atoms with E-state index in [9.17, 15) is 5.11 Å². The van der Waals surface area contributed by atoms with Crippen LogP contribution in [0.1, 0.15) is 45.3 Å². The maximum absolute atomic E-state index is 10.5. The monoisotopic (exact) mass is 516 g/mol. The van der Waals surface area contributed by atoms with Crippen molar-refractivity contribution in [3.05, 3.63) is 42.5 Å². The number of aliphatic imine (C=N–C) groups is 1. The number of guanidine groups is 1. The number of nitrogens with zero attached hydrogens (tertiary/aromatic N) is 4. The number of ether oxygens (including phenoxy) is 1. The molecule has 3 N–H and O–H groups in total. The summed E-state index contributed by atoms with van der Waals surface area (Å²) in [5.74, 6) is 1.47. The molecule has 2 aromatic rings. The molecule has 29 heavy (non-hydrogen) atoms. The molecule has 0 fully saturated rings. The van der Waals surface area contributed by atoms with Gasteiger partial charge in [-0.05, 0) is 51.3 Å². The number of aryl methyl sites for hydroxylation is 1. The third kappa shape index (κ3) is 9.93. The summed E-state index contributed by atoms with van der Waals surface area (Å²) in [6.07, 6.45) is 4.89. The highest BCUT2D eigenvalue weighted by Gasteiger charge is 2.09. The van der Waals surface area contributed by atoms with E-state index in [1.54, 1.807) is 12.7 Å². The van der Waals surface area contributed by atoms with E-state index in [2.05, 4.69) is 25.8 Å². The van der Waals surface area contributed by atoms with Gasteiger partial charge in [-0.2, -0.15) is 0 Å². The fourth-order valence-electron chi connectivity index (χ4n) is 2.66. The number of unbranched alkanes of at least 4 members (excludes halogenated alkanes) is 1. The van der Waals surface area contributed by atoms with E-state index in [1.165, 1.54) is 0 Å². The summed E-state index contributed by atoms with van der Waals surface area (Å²) in [6.45, 7) is 8.73. The molecule has 0 radical (unpaired) electrons. The number of aliphatic hydroxyl groups is 1. The first kappa shape index (κ1) is 25.2. The van der Waals surface area contributed by atoms with E-state index in [4.69, 9.17) is 4.74 Å². The van der Waals surface area contributed by atoms with Gasteiger partial charge < -0.3 is 25.0 Å². The summed E-state index contributed by atoms with van der Waals surface area (Å²) < 4.78 is 7.66. The van der Waals surface area contributed by atoms with Gasteiger partial charge in [0.15, 0.2) is 5.96 Å². The number of halogens is 1. The third-order valence-corrected chi connectivity index (χ3v) is 3.98. The van der Waals surface area contributed by atoms with Crippen molar-refractivity contribution in [2.24, 2.45) is 4.99 Å². The normalized spacial score (nSPS) is 12.4. The Morgan fingerprint density at radius 2 is 1.97 bits per heavy atom. The molecule has 162 valence electrons. The molecule has 1 unspecified atom stereocenters. The topological polar surface area (TPSA) is 96.6 Å². The summed E-state index contributed by atoms with van der Waals surface area (Å²) in [4.78, 5) is 4.51. The lowest BCUT2D eigenvalue weighted by atomic mass is 10.1. The number of hydrogen-bond donors (Lipinski definition) is 3. The van der Waals surface area contributed by atoms with E-state index < -0.39 is 6.10 Å². The SMILES string of the molecule is CCNC(=NCC(O)c1cccc(OC(C)C)c1)NCCCCn1cnnc1.I. The minimum absolute atomic E-state index is 0. The Morgan fingerprint density at radius 1 is 1.21 bits per heavy atom. The zero-order chi connectivity index (χ0) is 20.2. The summed E-state index contributed by atoms with van der Waals surface area (Å²) in [5.41, 5.74) is 0.798. The van der Waals surface area contributed by atoms with Crippen LogP contribution in [0.5, 0.6) is 5.75 Å². The first-order valence-electron chi connectivity index (χ1n) is 9.87. The summed E-state index contributed by atoms with van der Waals surface area (Å²) in [5, 5.41) is 24.6. The number of nitrogens with one attached hydrogen (secondary N) is 2. The van der Waals surface area contributed by atoms with Gasteiger partial charge in [-0.15, -0.1) is 34.2 Å². The summed E-state index contributed by atoms with van der Waals surface area (Å²) in [6, 6.07) is 7.54. The highest BCUT2D eigenvalue weighted by molar-refractivity contribution is 14.0. The largest absolute Gasteiger partial charge is 0.491 e. The Labute approximate surface area is 190 Å². The van der Waals surface area contributed by atoms with E-state index >= 15 is 0 Å². The first-order valence-corrected chi connectivity index (χ1v) is 9.87. The van der Waals surface area contributed by atoms with Crippen molar-refractivity contribution in [3.8, 4) is 5.75 Å². The standard InChI is InChI=1S/C20H32N6O2.HI/c1-4-21-20(22-10-5-6-11-26-14-24-25-15-26)23-13-19(27)17-8-7-9-18(12-17)28-16(2)3;/h7-9,12,14-16,19,27H,4-6,10-11,13H2,1-3H3,(H2,21,22,23);1H. The second-order valence-corrected chi connectivity index (χ2v) is 6.81. The van der Waals surface area contributed by atoms with Gasteiger partial charge in [0.2, 0.25) is 0 Å². The molecule has 0 bridgehead atoms. The molecule has 0 saturated heterocycles. The second kappa shape index (κ2) is 14.2. The van der Waals surface area contributed by atoms with Crippen molar-refractivity contribution >= 4 is 29.9 Å². The number of aromatic nitrogens is 3. The van der Waals surface area contributed by atoms with Crippen molar-refractivity contribution in [2.75, 3.05) is 19.6 Å². The van der Waals surface area contributed by atoms with Crippen molar-refractivity contribution in [1.29, 1.82) is 0 Å². The molecule has 0 aliphatic carbocycles. The van der Waals surface area contributed by atoms with Crippen LogP contribution in [0.4, 0.5) is 0 Å². The Kier molecular flexibility index (Phi) is 12.3. The molecule has 2 rings (SSSR count). The molecular weight excluding hydrogens is 483 g/mol. The highest BCUT2D eigenvalue weighted by Crippen LogP contribution is 2.20. The van der Waals surface area contributed by atoms with Gasteiger partial charge in [-0.25, -0.2) is 0 Å². The molecule has 1 aromatic heterocycles. The number of aliphatic hydroxyl groups excluding tert-OH is 1. The summed E-state index contributed by atoms with van der Waals surface area (Å²) >= 11 is 0. The Morgan fingerprint density at radius 3 is 2.66 bits per heavy atom. The zero-order valence-corrected chi connectivity index (χ0v) is 19.7. The maximum Gasteiger partial charge on any atom is 0.191 e. The average Bonchev–Trinajstić information content (AvgIpc) is 3.18. The minimum atomic E-state index is -0.681. The van der Waals surface area contributed by atoms with E-state index in [-0.39, 0.29) is 36.6 Å². The highest BCUT2D eigenvalue weighted by atomic mass is 127. The Hall–Kier alpha value is -1.88. The minimum Gasteiger partial charge on any atom is -0.491 e. The lowest BCUT2D eigenvalue weighted by molar-refractivity contribution is 0.185. The molecule has 0 saturated carbocycles. The lowest BCUT2D eigenvalue weighted by Crippen LogP contribution is -2.38. The number of benzene rings is 1. The van der Waals surface area contributed by atoms with Crippen LogP contribution in [0, 0.1) is 0 Å². The van der Waals surface area contributed by atoms with Crippen LogP contribution in [-0.2, 0) is 6.54 Å². The van der Waals surface area contributed by atoms with E-state index in [0.29, 0.717) is 5.96 Å². The maximum atomic E-state index is 10.5. The van der Waals surface area contributed by atoms with Crippen molar-refractivity contribution in [1.82, 2.24) is 25.4 Å². The van der Waals surface area contributed by atoms with Gasteiger partial charge in [0, 0.05) is 19.6 Å². The lowest BCUT2D eigenvalue weighted by Gasteiger charge is -2.15. The zero-order valence-electron chi connectivity index (χ0n) is 17.4. The molecule has 9 heteroatoms. The van der Waals surface area contributed by atoms with Gasteiger partial charge in [0.25, 0.3) is 0 Å². The molecule has 0 spiro atoms. The van der Waals surface area contributed by atoms with Gasteiger partial charge in [0.05, 0.1) is 18.8 Å². The van der Waals surface area contributed by atoms with E-state index in [1.807, 2.05) is 49.6 Å². The number of rotatable bonds is 11. The second-order valence-electron chi connectivity index (χ2n) is 6.81. The van der Waals surface area contributed by atoms with Crippen LogP contribution in [0.3, 0.4) is 0 Å². The van der Waals surface area contributed by atoms with Crippen LogP contribution in [0.15, 0.2) is 41.9 Å². The predicted octanol–water partition coefficient (Wildman–Crippen LogP) is 2.75. The van der Waals surface area contributed by atoms with Crippen LogP contribution < -0.4 is 15.4 Å². The van der Waals surface area contributed by atoms with Crippen molar-refractivity contribution in [2.45, 2.75) is 52.4 Å². The predicted molar refractivity (Wildman–Crippen MR) is 126 cm³/mol. The molecule has 1 heterocycles. The smallest absolute Gasteiger partial charge is 0.191 e. The Bertz CT molecular complexity index is 709. The molecule has 8 nitrogen and oxygen atoms in total. The van der Waals surface area contributed by atoms with Crippen LogP contribution >= 0.6 is 24.0 Å². The Balaban J connectivity index is 0.00000420. The van der Waals surface area contributed by atoms with Crippen molar-refractivity contribution < 1.29 is 9.84 Å². The molecule has 0 amide bonds. The van der Waals surface area contributed by atoms with Gasteiger partial charge >= 0.3 is 0 Å². The van der Waals surface area contributed by atoms with Gasteiger partial charge in [0.1, 0.15) is 18.4 Å². The first-order chi connectivity index (χ1) is 13.6. The van der Waals surface area contributed by atoms with Gasteiger partial charge in [-0.3, -0.25) is 4.99 Å². The van der Waals surface area contributed by atoms with Crippen LogP contribution in [0.25, 0.3) is 0 Å². The average molecular weight is 516 g/mol. The van der Waals surface area contributed by atoms with Crippen molar-refractivity contribution in [3.63, 3.8) is 0 Å². The molecule has 0 aliphatic heterocycles. The molecule has 1 aromatic carbocycles. The fraction of sp³-hybridized carbons (Fsp3) is 0.550. The fourth-order valence-corrected chi connectivity index (χ4v) is 2.66. The van der Waals surface area contributed by atoms with E-state index in [0.717, 1.165) is 43.8 Å².